The van der Waals surface area contributed by atoms with Crippen LogP contribution in [0.2, 0.25) is 0 Å². The van der Waals surface area contributed by atoms with Crippen molar-refractivity contribution in [3.63, 3.8) is 0 Å². The Bertz CT molecular complexity index is 839. The molecule has 7 nitrogen and oxygen atoms in total. The molecule has 24 heavy (non-hydrogen) atoms. The largest absolute Gasteiger partial charge is 0.360 e. The summed E-state index contributed by atoms with van der Waals surface area (Å²) in [6.07, 6.45) is 4.38. The van der Waals surface area contributed by atoms with Crippen LogP contribution >= 0.6 is 0 Å². The summed E-state index contributed by atoms with van der Waals surface area (Å²) in [7, 11) is -3.69. The van der Waals surface area contributed by atoms with Gasteiger partial charge in [-0.25, -0.2) is 13.1 Å². The monoisotopic (exact) mass is 352 g/mol. The summed E-state index contributed by atoms with van der Waals surface area (Å²) in [5, 5.41) is 8.24. The van der Waals surface area contributed by atoms with Crippen molar-refractivity contribution in [2.75, 3.05) is 0 Å². The van der Waals surface area contributed by atoms with Gasteiger partial charge in [-0.2, -0.15) is 5.10 Å². The van der Waals surface area contributed by atoms with Crippen molar-refractivity contribution in [2.24, 2.45) is 0 Å². The number of nitrogens with zero attached hydrogens (tertiary/aromatic N) is 3. The number of hydrogen-bond donors (Lipinski definition) is 1. The van der Waals surface area contributed by atoms with Crippen LogP contribution in [0.25, 0.3) is 0 Å². The molecule has 0 unspecified atom stereocenters. The molecule has 0 fully saturated rings. The summed E-state index contributed by atoms with van der Waals surface area (Å²) >= 11 is 0. The number of fused-ring (bicyclic) bond motifs is 1. The first kappa shape index (κ1) is 17.2. The number of hydrogen-bond acceptors (Lipinski definition) is 5. The van der Waals surface area contributed by atoms with E-state index in [9.17, 15) is 8.42 Å². The predicted octanol–water partition coefficient (Wildman–Crippen LogP) is 2.60. The molecule has 0 saturated heterocycles. The van der Waals surface area contributed by atoms with Crippen LogP contribution in [-0.4, -0.2) is 23.4 Å². The Balaban J connectivity index is 1.95. The molecule has 1 aliphatic rings. The quantitative estimate of drug-likeness (QED) is 0.917. The maximum Gasteiger partial charge on any atom is 0.246 e. The summed E-state index contributed by atoms with van der Waals surface area (Å²) in [6, 6.07) is -0.274. The Kier molecular flexibility index (Phi) is 4.08. The molecule has 2 heterocycles. The van der Waals surface area contributed by atoms with Crippen molar-refractivity contribution in [3.8, 4) is 0 Å². The molecule has 0 radical (unpaired) electrons. The van der Waals surface area contributed by atoms with Crippen LogP contribution < -0.4 is 4.72 Å². The van der Waals surface area contributed by atoms with Crippen molar-refractivity contribution in [3.05, 3.63) is 28.9 Å². The second-order valence-corrected chi connectivity index (χ2v) is 9.00. The number of nitrogens with one attached hydrogen (secondary N) is 1. The molecule has 0 aromatic carbocycles. The van der Waals surface area contributed by atoms with E-state index in [1.165, 1.54) is 0 Å². The van der Waals surface area contributed by atoms with Crippen LogP contribution in [-0.2, 0) is 22.0 Å². The molecule has 0 amide bonds. The van der Waals surface area contributed by atoms with Gasteiger partial charge in [0, 0.05) is 11.3 Å². The Morgan fingerprint density at radius 2 is 2.04 bits per heavy atom. The highest BCUT2D eigenvalue weighted by molar-refractivity contribution is 7.89. The fourth-order valence-corrected chi connectivity index (χ4v) is 4.94. The molecule has 2 aromatic heterocycles. The SMILES string of the molecule is Cc1noc(C)c1S(=O)(=O)N[C@H]1CCCc2c1cnn2C(C)(C)C. The van der Waals surface area contributed by atoms with Crippen LogP contribution in [0.3, 0.4) is 0 Å². The minimum atomic E-state index is -3.69. The van der Waals surface area contributed by atoms with E-state index in [0.717, 1.165) is 30.5 Å². The van der Waals surface area contributed by atoms with Gasteiger partial charge in [0.05, 0.1) is 17.8 Å². The first-order chi connectivity index (χ1) is 11.1. The molecule has 1 aliphatic carbocycles. The molecule has 1 atom stereocenters. The van der Waals surface area contributed by atoms with E-state index >= 15 is 0 Å². The summed E-state index contributed by atoms with van der Waals surface area (Å²) in [6.45, 7) is 9.53. The molecule has 0 bridgehead atoms. The fourth-order valence-electron chi connectivity index (χ4n) is 3.36. The van der Waals surface area contributed by atoms with Crippen molar-refractivity contribution >= 4 is 10.0 Å². The maximum atomic E-state index is 12.8. The molecule has 2 aromatic rings. The Hall–Kier alpha value is -1.67. The zero-order chi connectivity index (χ0) is 17.7. The number of aromatic nitrogens is 3. The van der Waals surface area contributed by atoms with Gasteiger partial charge in [0.1, 0.15) is 10.6 Å². The van der Waals surface area contributed by atoms with Crippen LogP contribution in [0.4, 0.5) is 0 Å². The van der Waals surface area contributed by atoms with Crippen LogP contribution in [0.5, 0.6) is 0 Å². The number of aryl methyl sites for hydroxylation is 2. The lowest BCUT2D eigenvalue weighted by molar-refractivity contribution is 0.336. The lowest BCUT2D eigenvalue weighted by Crippen LogP contribution is -2.33. The average molecular weight is 352 g/mol. The van der Waals surface area contributed by atoms with Crippen molar-refractivity contribution in [2.45, 2.75) is 70.4 Å². The third-order valence-electron chi connectivity index (χ3n) is 4.35. The van der Waals surface area contributed by atoms with E-state index in [-0.39, 0.29) is 16.5 Å². The third-order valence-corrected chi connectivity index (χ3v) is 6.07. The second-order valence-electron chi connectivity index (χ2n) is 7.35. The van der Waals surface area contributed by atoms with Gasteiger partial charge in [-0.05, 0) is 53.9 Å². The predicted molar refractivity (Wildman–Crippen MR) is 89.2 cm³/mol. The van der Waals surface area contributed by atoms with Gasteiger partial charge in [0.25, 0.3) is 0 Å². The molecule has 0 aliphatic heterocycles. The van der Waals surface area contributed by atoms with Gasteiger partial charge in [0.2, 0.25) is 10.0 Å². The smallest absolute Gasteiger partial charge is 0.246 e. The van der Waals surface area contributed by atoms with Gasteiger partial charge in [-0.3, -0.25) is 4.68 Å². The van der Waals surface area contributed by atoms with E-state index in [0.29, 0.717) is 11.5 Å². The molecule has 0 saturated carbocycles. The van der Waals surface area contributed by atoms with Crippen LogP contribution in [0.15, 0.2) is 15.6 Å². The molecule has 3 rings (SSSR count). The molecule has 1 N–H and O–H groups in total. The lowest BCUT2D eigenvalue weighted by Gasteiger charge is -2.28. The molecule has 132 valence electrons. The highest BCUT2D eigenvalue weighted by Crippen LogP contribution is 2.33. The van der Waals surface area contributed by atoms with E-state index in [1.54, 1.807) is 20.0 Å². The summed E-state index contributed by atoms with van der Waals surface area (Å²) in [4.78, 5) is 0.137. The average Bonchev–Trinajstić information content (AvgIpc) is 3.02. The molecular weight excluding hydrogens is 328 g/mol. The van der Waals surface area contributed by atoms with Gasteiger partial charge in [-0.15, -0.1) is 0 Å². The Labute approximate surface area is 142 Å². The van der Waals surface area contributed by atoms with Crippen molar-refractivity contribution in [1.82, 2.24) is 19.7 Å². The topological polar surface area (TPSA) is 90.0 Å². The highest BCUT2D eigenvalue weighted by Gasteiger charge is 2.33. The Morgan fingerprint density at radius 1 is 1.33 bits per heavy atom. The normalized spacial score (nSPS) is 18.6. The van der Waals surface area contributed by atoms with E-state index in [1.807, 2.05) is 4.68 Å². The summed E-state index contributed by atoms with van der Waals surface area (Å²) < 4.78 is 35.4. The second kappa shape index (κ2) is 5.70. The highest BCUT2D eigenvalue weighted by atomic mass is 32.2. The van der Waals surface area contributed by atoms with Gasteiger partial charge < -0.3 is 4.52 Å². The zero-order valence-electron chi connectivity index (χ0n) is 14.8. The Morgan fingerprint density at radius 3 is 2.62 bits per heavy atom. The van der Waals surface area contributed by atoms with Crippen LogP contribution in [0.1, 0.15) is 62.4 Å². The first-order valence-corrected chi connectivity index (χ1v) is 9.62. The summed E-state index contributed by atoms with van der Waals surface area (Å²) in [5.74, 6) is 0.307. The third kappa shape index (κ3) is 2.88. The molecule has 8 heteroatoms. The van der Waals surface area contributed by atoms with Crippen LogP contribution in [0, 0.1) is 13.8 Å². The minimum Gasteiger partial charge on any atom is -0.360 e. The van der Waals surface area contributed by atoms with E-state index < -0.39 is 10.0 Å². The number of rotatable bonds is 3. The zero-order valence-corrected chi connectivity index (χ0v) is 15.6. The standard InChI is InChI=1S/C16H24N4O3S/c1-10-15(11(2)23-18-10)24(21,22)19-13-7-6-8-14-12(13)9-17-20(14)16(3,4)5/h9,13,19H,6-8H2,1-5H3/t13-/m0/s1. The van der Waals surface area contributed by atoms with Gasteiger partial charge in [0.15, 0.2) is 5.76 Å². The number of sulfonamides is 1. The van der Waals surface area contributed by atoms with Gasteiger partial charge in [-0.1, -0.05) is 5.16 Å². The van der Waals surface area contributed by atoms with Crippen molar-refractivity contribution < 1.29 is 12.9 Å². The maximum absolute atomic E-state index is 12.8. The van der Waals surface area contributed by atoms with Gasteiger partial charge >= 0.3 is 0 Å². The summed E-state index contributed by atoms with van der Waals surface area (Å²) in [5.41, 5.74) is 2.32. The first-order valence-electron chi connectivity index (χ1n) is 8.14. The van der Waals surface area contributed by atoms with E-state index in [4.69, 9.17) is 4.52 Å². The lowest BCUT2D eigenvalue weighted by atomic mass is 9.93. The molecular formula is C16H24N4O3S. The van der Waals surface area contributed by atoms with E-state index in [2.05, 4.69) is 35.7 Å². The van der Waals surface area contributed by atoms with Crippen molar-refractivity contribution in [1.29, 1.82) is 0 Å². The minimum absolute atomic E-state index is 0.129. The molecule has 0 spiro atoms. The fraction of sp³-hybridized carbons (Fsp3) is 0.625.